The van der Waals surface area contributed by atoms with Crippen LogP contribution in [-0.2, 0) is 0 Å². The van der Waals surface area contributed by atoms with Crippen LogP contribution in [0.25, 0.3) is 16.7 Å². The number of nitro groups is 1. The molecule has 4 rings (SSSR count). The summed E-state index contributed by atoms with van der Waals surface area (Å²) in [6.07, 6.45) is 1.31. The van der Waals surface area contributed by atoms with E-state index in [2.05, 4.69) is 10.4 Å². The average molecular weight is 461 g/mol. The number of halogens is 1. The van der Waals surface area contributed by atoms with E-state index in [1.54, 1.807) is 0 Å². The van der Waals surface area contributed by atoms with Crippen molar-refractivity contribution in [1.29, 1.82) is 5.26 Å². The van der Waals surface area contributed by atoms with E-state index in [0.717, 1.165) is 33.7 Å². The van der Waals surface area contributed by atoms with Crippen LogP contribution in [0.1, 0.15) is 32.6 Å². The van der Waals surface area contributed by atoms with Gasteiger partial charge in [0.05, 0.1) is 27.2 Å². The predicted molar refractivity (Wildman–Crippen MR) is 124 cm³/mol. The molecule has 1 amide bonds. The second-order valence-electron chi connectivity index (χ2n) is 7.58. The Hall–Kier alpha value is -4.29. The highest BCUT2D eigenvalue weighted by Crippen LogP contribution is 2.28. The number of non-ortho nitro benzene ring substituents is 1. The molecule has 164 valence electrons. The highest BCUT2D eigenvalue weighted by Gasteiger charge is 2.21. The number of fused-ring (bicyclic) bond motifs is 1. The molecule has 33 heavy (non-hydrogen) atoms. The Morgan fingerprint density at radius 2 is 1.94 bits per heavy atom. The summed E-state index contributed by atoms with van der Waals surface area (Å²) >= 11 is 6.10. The molecule has 1 N–H and O–H groups in total. The summed E-state index contributed by atoms with van der Waals surface area (Å²) in [6, 6.07) is 11.4. The third kappa shape index (κ3) is 4.00. The zero-order chi connectivity index (χ0) is 23.9. The number of carbonyl (C=O) groups is 1. The summed E-state index contributed by atoms with van der Waals surface area (Å²) in [6.45, 7) is 5.92. The predicted octanol–water partition coefficient (Wildman–Crippen LogP) is 5.03. The number of hydrogen-bond acceptors (Lipinski definition) is 6. The van der Waals surface area contributed by atoms with Crippen molar-refractivity contribution in [2.75, 3.05) is 5.32 Å². The molecule has 0 radical (unpaired) electrons. The molecule has 0 saturated heterocycles. The minimum Gasteiger partial charge on any atom is -0.305 e. The van der Waals surface area contributed by atoms with Crippen molar-refractivity contribution in [2.45, 2.75) is 20.8 Å². The van der Waals surface area contributed by atoms with Crippen molar-refractivity contribution in [1.82, 2.24) is 14.8 Å². The van der Waals surface area contributed by atoms with Gasteiger partial charge in [0.1, 0.15) is 11.6 Å². The van der Waals surface area contributed by atoms with Crippen LogP contribution in [0.15, 0.2) is 42.6 Å². The van der Waals surface area contributed by atoms with Gasteiger partial charge in [0.25, 0.3) is 11.6 Å². The Bertz CT molecular complexity index is 1500. The fraction of sp³-hybridized carbons (Fsp3) is 0.130. The van der Waals surface area contributed by atoms with Gasteiger partial charge in [-0.1, -0.05) is 23.2 Å². The second-order valence-corrected chi connectivity index (χ2v) is 7.99. The first-order chi connectivity index (χ1) is 15.7. The molecule has 0 aliphatic rings. The number of nitrogens with one attached hydrogen (secondary N) is 1. The highest BCUT2D eigenvalue weighted by molar-refractivity contribution is 6.34. The van der Waals surface area contributed by atoms with Gasteiger partial charge < -0.3 is 5.32 Å². The van der Waals surface area contributed by atoms with Crippen LogP contribution in [0.3, 0.4) is 0 Å². The van der Waals surface area contributed by atoms with Gasteiger partial charge in [0, 0.05) is 17.5 Å². The SMILES string of the molecule is Cc1cc(C)c2nc(-n3ncc(C#N)c3NC(=O)c3cc([N+](=O)[O-])ccc3Cl)cc(C)c2c1. The van der Waals surface area contributed by atoms with Gasteiger partial charge in [0.2, 0.25) is 0 Å². The van der Waals surface area contributed by atoms with E-state index in [1.807, 2.05) is 45.0 Å². The summed E-state index contributed by atoms with van der Waals surface area (Å²) in [5.74, 6) is -0.221. The first-order valence-corrected chi connectivity index (χ1v) is 10.2. The maximum absolute atomic E-state index is 12.9. The molecule has 2 heterocycles. The minimum absolute atomic E-state index is 0.0355. The van der Waals surface area contributed by atoms with Gasteiger partial charge in [-0.2, -0.15) is 15.0 Å². The van der Waals surface area contributed by atoms with Crippen LogP contribution in [0.2, 0.25) is 5.02 Å². The lowest BCUT2D eigenvalue weighted by Crippen LogP contribution is -2.17. The summed E-state index contributed by atoms with van der Waals surface area (Å²) in [5, 5.41) is 28.5. The van der Waals surface area contributed by atoms with E-state index >= 15 is 0 Å². The van der Waals surface area contributed by atoms with Crippen molar-refractivity contribution >= 4 is 39.9 Å². The molecule has 0 atom stereocenters. The Labute approximate surface area is 193 Å². The summed E-state index contributed by atoms with van der Waals surface area (Å²) in [4.78, 5) is 28.1. The molecule has 0 unspecified atom stereocenters. The molecule has 0 aliphatic heterocycles. The quantitative estimate of drug-likeness (QED) is 0.336. The van der Waals surface area contributed by atoms with Crippen LogP contribution in [-0.4, -0.2) is 25.6 Å². The maximum atomic E-state index is 12.9. The van der Waals surface area contributed by atoms with Crippen molar-refractivity contribution in [3.8, 4) is 11.9 Å². The molecule has 10 heteroatoms. The number of amides is 1. The van der Waals surface area contributed by atoms with Crippen LogP contribution in [0.5, 0.6) is 0 Å². The third-order valence-electron chi connectivity index (χ3n) is 5.19. The van der Waals surface area contributed by atoms with Gasteiger partial charge >= 0.3 is 0 Å². The molecular weight excluding hydrogens is 444 g/mol. The molecule has 0 aliphatic carbocycles. The number of nitrogens with zero attached hydrogens (tertiary/aromatic N) is 5. The van der Waals surface area contributed by atoms with Crippen molar-refractivity contribution in [2.24, 2.45) is 0 Å². The average Bonchev–Trinajstić information content (AvgIpc) is 3.16. The van der Waals surface area contributed by atoms with E-state index in [4.69, 9.17) is 16.6 Å². The largest absolute Gasteiger partial charge is 0.305 e. The molecule has 0 saturated carbocycles. The van der Waals surface area contributed by atoms with Crippen molar-refractivity contribution in [3.05, 3.63) is 85.5 Å². The Morgan fingerprint density at radius 1 is 1.18 bits per heavy atom. The van der Waals surface area contributed by atoms with Crippen molar-refractivity contribution in [3.63, 3.8) is 0 Å². The van der Waals surface area contributed by atoms with Crippen LogP contribution < -0.4 is 5.32 Å². The number of nitro benzene ring substituents is 1. The van der Waals surface area contributed by atoms with Gasteiger partial charge in [-0.15, -0.1) is 0 Å². The number of hydrogen-bond donors (Lipinski definition) is 1. The van der Waals surface area contributed by atoms with Crippen LogP contribution in [0.4, 0.5) is 11.5 Å². The van der Waals surface area contributed by atoms with Crippen LogP contribution in [0, 0.1) is 42.2 Å². The normalized spacial score (nSPS) is 10.8. The lowest BCUT2D eigenvalue weighted by molar-refractivity contribution is -0.384. The molecule has 4 aromatic rings. The van der Waals surface area contributed by atoms with Gasteiger partial charge in [-0.25, -0.2) is 4.98 Å². The van der Waals surface area contributed by atoms with Crippen molar-refractivity contribution < 1.29 is 9.72 Å². The van der Waals surface area contributed by atoms with E-state index in [-0.39, 0.29) is 27.7 Å². The number of carbonyl (C=O) groups excluding carboxylic acids is 1. The Kier molecular flexibility index (Phi) is 5.54. The second kappa shape index (κ2) is 8.33. The number of nitriles is 1. The molecular formula is C23H17ClN6O3. The number of rotatable bonds is 4. The molecule has 2 aromatic carbocycles. The topological polar surface area (TPSA) is 127 Å². The lowest BCUT2D eigenvalue weighted by Gasteiger charge is -2.13. The summed E-state index contributed by atoms with van der Waals surface area (Å²) in [5.41, 5.74) is 3.55. The Balaban J connectivity index is 1.82. The number of pyridine rings is 1. The monoisotopic (exact) mass is 460 g/mol. The number of aryl methyl sites for hydroxylation is 3. The molecule has 0 fully saturated rings. The fourth-order valence-corrected chi connectivity index (χ4v) is 3.84. The first kappa shape index (κ1) is 21.9. The summed E-state index contributed by atoms with van der Waals surface area (Å²) in [7, 11) is 0. The lowest BCUT2D eigenvalue weighted by atomic mass is 10.0. The summed E-state index contributed by atoms with van der Waals surface area (Å²) < 4.78 is 1.35. The van der Waals surface area contributed by atoms with E-state index in [9.17, 15) is 20.2 Å². The standard InChI is InChI=1S/C23H17ClN6O3/c1-12-6-14(3)21-17(7-12)13(2)8-20(27-21)29-22(15(10-25)11-26-29)28-23(31)18-9-16(30(32)33)4-5-19(18)24/h4-9,11H,1-3H3,(H,28,31). The third-order valence-corrected chi connectivity index (χ3v) is 5.52. The van der Waals surface area contributed by atoms with Gasteiger partial charge in [-0.05, 0) is 50.1 Å². The molecule has 2 aromatic heterocycles. The number of aromatic nitrogens is 3. The maximum Gasteiger partial charge on any atom is 0.270 e. The van der Waals surface area contributed by atoms with Gasteiger partial charge in [-0.3, -0.25) is 14.9 Å². The molecule has 0 spiro atoms. The minimum atomic E-state index is -0.716. The van der Waals surface area contributed by atoms with E-state index < -0.39 is 10.8 Å². The molecule has 9 nitrogen and oxygen atoms in total. The Morgan fingerprint density at radius 3 is 2.64 bits per heavy atom. The molecule has 0 bridgehead atoms. The zero-order valence-electron chi connectivity index (χ0n) is 17.9. The number of benzene rings is 2. The van der Waals surface area contributed by atoms with Crippen LogP contribution >= 0.6 is 11.6 Å². The van der Waals surface area contributed by atoms with E-state index in [0.29, 0.717) is 5.82 Å². The highest BCUT2D eigenvalue weighted by atomic mass is 35.5. The fourth-order valence-electron chi connectivity index (χ4n) is 3.64. The van der Waals surface area contributed by atoms with E-state index in [1.165, 1.54) is 23.0 Å². The zero-order valence-corrected chi connectivity index (χ0v) is 18.6. The smallest absolute Gasteiger partial charge is 0.270 e. The first-order valence-electron chi connectivity index (χ1n) is 9.82. The number of anilines is 1. The van der Waals surface area contributed by atoms with Gasteiger partial charge in [0.15, 0.2) is 11.6 Å².